The Morgan fingerprint density at radius 1 is 1.56 bits per heavy atom. The van der Waals surface area contributed by atoms with Gasteiger partial charge in [-0.15, -0.1) is 5.10 Å². The first-order valence-electron chi connectivity index (χ1n) is 5.22. The number of hydrogen-bond acceptors (Lipinski definition) is 5. The van der Waals surface area contributed by atoms with Crippen LogP contribution in [0.1, 0.15) is 25.1 Å². The van der Waals surface area contributed by atoms with Crippen LogP contribution in [0.5, 0.6) is 0 Å². The van der Waals surface area contributed by atoms with E-state index in [2.05, 4.69) is 15.5 Å². The Morgan fingerprint density at radius 3 is 2.69 bits per heavy atom. The number of rotatable bonds is 4. The van der Waals surface area contributed by atoms with Gasteiger partial charge in [0.1, 0.15) is 0 Å². The molecule has 0 aromatic carbocycles. The fourth-order valence-electron chi connectivity index (χ4n) is 1.95. The third-order valence-corrected chi connectivity index (χ3v) is 2.98. The largest absolute Gasteiger partial charge is 0.479 e. The fraction of sp³-hybridized carbons (Fsp3) is 0.778. The molecule has 0 saturated heterocycles. The Morgan fingerprint density at radius 2 is 2.25 bits per heavy atom. The van der Waals surface area contributed by atoms with Gasteiger partial charge in [-0.2, -0.15) is 0 Å². The number of carboxylic acid groups (broad SMARTS) is 1. The number of tetrazole rings is 1. The lowest BCUT2D eigenvalue weighted by Gasteiger charge is -2.37. The summed E-state index contributed by atoms with van der Waals surface area (Å²) in [5.74, 6) is -0.238. The molecule has 2 rings (SSSR count). The topological polar surface area (TPSA) is 84.1 Å². The van der Waals surface area contributed by atoms with E-state index >= 15 is 0 Å². The van der Waals surface area contributed by atoms with Crippen LogP contribution in [0.25, 0.3) is 0 Å². The van der Waals surface area contributed by atoms with Gasteiger partial charge in [-0.25, -0.2) is 9.48 Å². The van der Waals surface area contributed by atoms with Gasteiger partial charge in [0.2, 0.25) is 0 Å². The summed E-state index contributed by atoms with van der Waals surface area (Å²) >= 11 is 0. The number of carbonyl (C=O) groups is 1. The van der Waals surface area contributed by atoms with E-state index in [0.29, 0.717) is 25.2 Å². The highest BCUT2D eigenvalue weighted by molar-refractivity contribution is 5.77. The minimum Gasteiger partial charge on any atom is -0.479 e. The van der Waals surface area contributed by atoms with Gasteiger partial charge in [0.05, 0.1) is 6.54 Å². The summed E-state index contributed by atoms with van der Waals surface area (Å²) in [6, 6.07) is 0. The predicted molar refractivity (Wildman–Crippen MR) is 54.7 cm³/mol. The second-order valence-corrected chi connectivity index (χ2v) is 4.43. The summed E-state index contributed by atoms with van der Waals surface area (Å²) in [5.41, 5.74) is -0.908. The number of carboxylic acids is 1. The summed E-state index contributed by atoms with van der Waals surface area (Å²) in [7, 11) is 3.79. The Kier molecular flexibility index (Phi) is 2.63. The smallest absolute Gasteiger partial charge is 0.331 e. The number of nitrogens with zero attached hydrogens (tertiary/aromatic N) is 5. The molecular formula is C9H15N5O2. The van der Waals surface area contributed by atoms with E-state index in [-0.39, 0.29) is 0 Å². The molecule has 1 aliphatic carbocycles. The molecular weight excluding hydrogens is 210 g/mol. The summed E-state index contributed by atoms with van der Waals surface area (Å²) in [6.45, 7) is 0.544. The van der Waals surface area contributed by atoms with E-state index in [0.717, 1.165) is 6.42 Å². The van der Waals surface area contributed by atoms with Crippen molar-refractivity contribution < 1.29 is 9.90 Å². The number of aliphatic carboxylic acids is 1. The molecule has 0 bridgehead atoms. The highest BCUT2D eigenvalue weighted by Crippen LogP contribution is 2.39. The van der Waals surface area contributed by atoms with Crippen LogP contribution >= 0.6 is 0 Å². The van der Waals surface area contributed by atoms with Crippen molar-refractivity contribution in [1.29, 1.82) is 0 Å². The van der Waals surface area contributed by atoms with Crippen molar-refractivity contribution in [3.05, 3.63) is 5.82 Å². The zero-order valence-electron chi connectivity index (χ0n) is 9.42. The molecule has 1 N–H and O–H groups in total. The monoisotopic (exact) mass is 225 g/mol. The Labute approximate surface area is 93.0 Å². The minimum atomic E-state index is -0.908. The van der Waals surface area contributed by atoms with Crippen LogP contribution < -0.4 is 0 Å². The van der Waals surface area contributed by atoms with Crippen LogP contribution in [0.2, 0.25) is 0 Å². The standard InChI is InChI=1S/C9H15N5O2/c1-13(2)6-7-10-11-12-14(7)9(8(15)16)4-3-5-9/h3-6H2,1-2H3,(H,15,16). The van der Waals surface area contributed by atoms with Gasteiger partial charge < -0.3 is 10.0 Å². The van der Waals surface area contributed by atoms with Crippen molar-refractivity contribution in [2.24, 2.45) is 0 Å². The zero-order chi connectivity index (χ0) is 11.8. The predicted octanol–water partition coefficient (Wildman–Crippen LogP) is -0.302. The van der Waals surface area contributed by atoms with E-state index in [9.17, 15) is 9.90 Å². The zero-order valence-corrected chi connectivity index (χ0v) is 9.42. The van der Waals surface area contributed by atoms with Crippen molar-refractivity contribution >= 4 is 5.97 Å². The molecule has 0 radical (unpaired) electrons. The molecule has 0 spiro atoms. The maximum atomic E-state index is 11.3. The van der Waals surface area contributed by atoms with E-state index in [4.69, 9.17) is 0 Å². The second-order valence-electron chi connectivity index (χ2n) is 4.43. The van der Waals surface area contributed by atoms with Crippen LogP contribution in [0.4, 0.5) is 0 Å². The molecule has 1 fully saturated rings. The molecule has 0 unspecified atom stereocenters. The summed E-state index contributed by atoms with van der Waals surface area (Å²) in [5, 5.41) is 20.6. The van der Waals surface area contributed by atoms with Crippen LogP contribution in [0, 0.1) is 0 Å². The molecule has 7 heteroatoms. The van der Waals surface area contributed by atoms with Gasteiger partial charge in [0.25, 0.3) is 0 Å². The first-order valence-corrected chi connectivity index (χ1v) is 5.22. The highest BCUT2D eigenvalue weighted by atomic mass is 16.4. The highest BCUT2D eigenvalue weighted by Gasteiger charge is 2.48. The van der Waals surface area contributed by atoms with Crippen LogP contribution in [-0.2, 0) is 16.9 Å². The van der Waals surface area contributed by atoms with E-state index < -0.39 is 11.5 Å². The van der Waals surface area contributed by atoms with Crippen molar-refractivity contribution in [2.45, 2.75) is 31.3 Å². The van der Waals surface area contributed by atoms with Gasteiger partial charge in [-0.3, -0.25) is 0 Å². The molecule has 0 aliphatic heterocycles. The lowest BCUT2D eigenvalue weighted by Crippen LogP contribution is -2.49. The normalized spacial score (nSPS) is 18.4. The summed E-state index contributed by atoms with van der Waals surface area (Å²) in [6.07, 6.45) is 2.12. The Hall–Kier alpha value is -1.50. The molecule has 88 valence electrons. The van der Waals surface area contributed by atoms with Crippen molar-refractivity contribution in [3.8, 4) is 0 Å². The first-order chi connectivity index (χ1) is 7.56. The average molecular weight is 225 g/mol. The second kappa shape index (κ2) is 3.82. The first kappa shape index (κ1) is 11.0. The molecule has 7 nitrogen and oxygen atoms in total. The Balaban J connectivity index is 2.32. The van der Waals surface area contributed by atoms with Gasteiger partial charge in [-0.05, 0) is 43.8 Å². The van der Waals surface area contributed by atoms with Crippen molar-refractivity contribution in [2.75, 3.05) is 14.1 Å². The van der Waals surface area contributed by atoms with E-state index in [1.54, 1.807) is 0 Å². The van der Waals surface area contributed by atoms with Crippen LogP contribution in [-0.4, -0.2) is 50.3 Å². The molecule has 0 amide bonds. The van der Waals surface area contributed by atoms with Crippen molar-refractivity contribution in [3.63, 3.8) is 0 Å². The van der Waals surface area contributed by atoms with E-state index in [1.807, 2.05) is 19.0 Å². The average Bonchev–Trinajstić information content (AvgIpc) is 2.49. The molecule has 1 saturated carbocycles. The maximum absolute atomic E-state index is 11.3. The van der Waals surface area contributed by atoms with Gasteiger partial charge in [0.15, 0.2) is 11.4 Å². The fourth-order valence-corrected chi connectivity index (χ4v) is 1.95. The maximum Gasteiger partial charge on any atom is 0.331 e. The number of aromatic nitrogens is 4. The van der Waals surface area contributed by atoms with Gasteiger partial charge >= 0.3 is 5.97 Å². The minimum absolute atomic E-state index is 0.544. The quantitative estimate of drug-likeness (QED) is 0.757. The molecule has 1 heterocycles. The van der Waals surface area contributed by atoms with Gasteiger partial charge in [-0.1, -0.05) is 0 Å². The van der Waals surface area contributed by atoms with Crippen molar-refractivity contribution in [1.82, 2.24) is 25.1 Å². The molecule has 1 aliphatic rings. The van der Waals surface area contributed by atoms with Gasteiger partial charge in [0, 0.05) is 0 Å². The lowest BCUT2D eigenvalue weighted by molar-refractivity contribution is -0.153. The SMILES string of the molecule is CN(C)Cc1nnnn1C1(C(=O)O)CCC1. The van der Waals surface area contributed by atoms with E-state index in [1.165, 1.54) is 4.68 Å². The third-order valence-electron chi connectivity index (χ3n) is 2.98. The molecule has 0 atom stereocenters. The summed E-state index contributed by atoms with van der Waals surface area (Å²) in [4.78, 5) is 13.2. The van der Waals surface area contributed by atoms with Crippen LogP contribution in [0.15, 0.2) is 0 Å². The Bertz CT molecular complexity index is 396. The third kappa shape index (κ3) is 1.57. The number of hydrogen-bond donors (Lipinski definition) is 1. The molecule has 1 aromatic rings. The molecule has 16 heavy (non-hydrogen) atoms. The lowest BCUT2D eigenvalue weighted by atomic mass is 9.77. The summed E-state index contributed by atoms with van der Waals surface area (Å²) < 4.78 is 1.47. The van der Waals surface area contributed by atoms with Crippen LogP contribution in [0.3, 0.4) is 0 Å². The molecule has 1 aromatic heterocycles.